The molecule has 0 atom stereocenters. The van der Waals surface area contributed by atoms with E-state index in [0.717, 1.165) is 23.4 Å². The van der Waals surface area contributed by atoms with Crippen molar-refractivity contribution < 1.29 is 13.2 Å². The van der Waals surface area contributed by atoms with Gasteiger partial charge >= 0.3 is 6.18 Å². The third-order valence-corrected chi connectivity index (χ3v) is 3.28. The molecule has 1 aromatic carbocycles. The van der Waals surface area contributed by atoms with E-state index in [-0.39, 0.29) is 10.9 Å². The molecule has 0 bridgehead atoms. The lowest BCUT2D eigenvalue weighted by Gasteiger charge is -2.07. The minimum absolute atomic E-state index is 0.0792. The van der Waals surface area contributed by atoms with E-state index in [0.29, 0.717) is 5.02 Å². The van der Waals surface area contributed by atoms with E-state index in [2.05, 4.69) is 9.97 Å². The van der Waals surface area contributed by atoms with Crippen LogP contribution in [0.1, 0.15) is 17.0 Å². The van der Waals surface area contributed by atoms with Crippen LogP contribution in [0, 0.1) is 0 Å². The Labute approximate surface area is 129 Å². The summed E-state index contributed by atoms with van der Waals surface area (Å²) in [5, 5.41) is 0.635. The molecule has 0 aliphatic rings. The highest BCUT2D eigenvalue weighted by Crippen LogP contribution is 2.29. The summed E-state index contributed by atoms with van der Waals surface area (Å²) in [4.78, 5) is 7.50. The standard InChI is InChI=1S/C14H10ClF3N2S/c1-21-13-19-11(8-12(20-13)14(16,17)18)6-5-9-3-2-4-10(15)7-9/h2-8H,1H3/b6-5+. The molecule has 2 aromatic rings. The molecule has 0 fully saturated rings. The second-order valence-corrected chi connectivity index (χ2v) is 5.26. The minimum Gasteiger partial charge on any atom is -0.223 e. The quantitative estimate of drug-likeness (QED) is 0.582. The van der Waals surface area contributed by atoms with Gasteiger partial charge in [0.15, 0.2) is 5.16 Å². The van der Waals surface area contributed by atoms with E-state index in [4.69, 9.17) is 11.6 Å². The lowest BCUT2D eigenvalue weighted by Crippen LogP contribution is -2.10. The van der Waals surface area contributed by atoms with Crippen LogP contribution in [0.15, 0.2) is 35.5 Å². The zero-order valence-corrected chi connectivity index (χ0v) is 12.4. The maximum absolute atomic E-state index is 12.8. The Balaban J connectivity index is 2.35. The molecular formula is C14H10ClF3N2S. The van der Waals surface area contributed by atoms with Crippen LogP contribution in [-0.2, 0) is 6.18 Å². The maximum atomic E-state index is 12.8. The van der Waals surface area contributed by atoms with Gasteiger partial charge in [0.25, 0.3) is 0 Å². The van der Waals surface area contributed by atoms with Crippen LogP contribution in [0.3, 0.4) is 0 Å². The number of nitrogens with zero attached hydrogens (tertiary/aromatic N) is 2. The monoisotopic (exact) mass is 330 g/mol. The molecule has 0 radical (unpaired) electrons. The van der Waals surface area contributed by atoms with Gasteiger partial charge in [0.2, 0.25) is 0 Å². The molecule has 0 aliphatic carbocycles. The number of alkyl halides is 3. The number of hydrogen-bond donors (Lipinski definition) is 0. The van der Waals surface area contributed by atoms with Gasteiger partial charge in [0.1, 0.15) is 5.69 Å². The molecule has 2 rings (SSSR count). The van der Waals surface area contributed by atoms with Crippen LogP contribution in [0.2, 0.25) is 5.02 Å². The van der Waals surface area contributed by atoms with E-state index in [1.807, 2.05) is 0 Å². The molecule has 0 amide bonds. The Morgan fingerprint density at radius 1 is 1.14 bits per heavy atom. The summed E-state index contributed by atoms with van der Waals surface area (Å²) >= 11 is 6.91. The fraction of sp³-hybridized carbons (Fsp3) is 0.143. The summed E-state index contributed by atoms with van der Waals surface area (Å²) in [6.07, 6.45) is 0.285. The predicted octanol–water partition coefficient (Wildman–Crippen LogP) is 5.04. The molecule has 0 spiro atoms. The second kappa shape index (κ2) is 6.49. The van der Waals surface area contributed by atoms with Crippen molar-refractivity contribution in [3.05, 3.63) is 52.3 Å². The van der Waals surface area contributed by atoms with E-state index in [1.54, 1.807) is 36.6 Å². The molecule has 0 N–H and O–H groups in total. The topological polar surface area (TPSA) is 25.8 Å². The van der Waals surface area contributed by atoms with Crippen LogP contribution < -0.4 is 0 Å². The number of rotatable bonds is 3. The van der Waals surface area contributed by atoms with Crippen LogP contribution >= 0.6 is 23.4 Å². The Hall–Kier alpha value is -1.53. The van der Waals surface area contributed by atoms with E-state index in [1.165, 1.54) is 6.08 Å². The number of aromatic nitrogens is 2. The Bertz CT molecular complexity index is 672. The van der Waals surface area contributed by atoms with Gasteiger partial charge in [0, 0.05) is 5.02 Å². The highest BCUT2D eigenvalue weighted by Gasteiger charge is 2.33. The average molecular weight is 331 g/mol. The molecule has 1 aromatic heterocycles. The van der Waals surface area contributed by atoms with Crippen molar-refractivity contribution in [3.63, 3.8) is 0 Å². The number of halogens is 4. The van der Waals surface area contributed by atoms with Crippen molar-refractivity contribution in [1.29, 1.82) is 0 Å². The Kier molecular flexibility index (Phi) is 4.90. The number of hydrogen-bond acceptors (Lipinski definition) is 3. The second-order valence-electron chi connectivity index (χ2n) is 4.05. The average Bonchev–Trinajstić information content (AvgIpc) is 2.44. The Morgan fingerprint density at radius 2 is 1.90 bits per heavy atom. The van der Waals surface area contributed by atoms with Crippen molar-refractivity contribution in [2.45, 2.75) is 11.3 Å². The fourth-order valence-electron chi connectivity index (χ4n) is 1.56. The van der Waals surface area contributed by atoms with E-state index < -0.39 is 11.9 Å². The summed E-state index contributed by atoms with van der Waals surface area (Å²) < 4.78 is 38.3. The molecule has 7 heteroatoms. The van der Waals surface area contributed by atoms with E-state index in [9.17, 15) is 13.2 Å². The summed E-state index contributed by atoms with van der Waals surface area (Å²) in [6.45, 7) is 0. The van der Waals surface area contributed by atoms with Crippen molar-refractivity contribution in [1.82, 2.24) is 9.97 Å². The normalized spacial score (nSPS) is 12.0. The van der Waals surface area contributed by atoms with Crippen LogP contribution in [0.5, 0.6) is 0 Å². The van der Waals surface area contributed by atoms with Crippen molar-refractivity contribution in [3.8, 4) is 0 Å². The smallest absolute Gasteiger partial charge is 0.223 e. The van der Waals surface area contributed by atoms with Gasteiger partial charge in [0.05, 0.1) is 5.69 Å². The van der Waals surface area contributed by atoms with Crippen molar-refractivity contribution >= 4 is 35.5 Å². The lowest BCUT2D eigenvalue weighted by atomic mass is 10.2. The fourth-order valence-corrected chi connectivity index (χ4v) is 2.14. The van der Waals surface area contributed by atoms with Crippen LogP contribution in [0.25, 0.3) is 12.2 Å². The van der Waals surface area contributed by atoms with Gasteiger partial charge < -0.3 is 0 Å². The third-order valence-electron chi connectivity index (χ3n) is 2.49. The zero-order chi connectivity index (χ0) is 15.5. The maximum Gasteiger partial charge on any atom is 0.433 e. The zero-order valence-electron chi connectivity index (χ0n) is 10.9. The number of benzene rings is 1. The largest absolute Gasteiger partial charge is 0.433 e. The van der Waals surface area contributed by atoms with Gasteiger partial charge in [-0.15, -0.1) is 0 Å². The predicted molar refractivity (Wildman–Crippen MR) is 79.2 cm³/mol. The van der Waals surface area contributed by atoms with Gasteiger partial charge in [-0.2, -0.15) is 13.2 Å². The summed E-state index contributed by atoms with van der Waals surface area (Å²) in [7, 11) is 0. The molecule has 110 valence electrons. The lowest BCUT2D eigenvalue weighted by molar-refractivity contribution is -0.141. The first kappa shape index (κ1) is 15.9. The van der Waals surface area contributed by atoms with Gasteiger partial charge in [-0.05, 0) is 36.1 Å². The molecule has 0 unspecified atom stereocenters. The van der Waals surface area contributed by atoms with Gasteiger partial charge in [-0.1, -0.05) is 41.6 Å². The molecule has 0 saturated carbocycles. The first-order chi connectivity index (χ1) is 9.88. The summed E-state index contributed by atoms with van der Waals surface area (Å²) in [5.74, 6) is 0. The van der Waals surface area contributed by atoms with Crippen LogP contribution in [0.4, 0.5) is 13.2 Å². The summed E-state index contributed by atoms with van der Waals surface area (Å²) in [5.41, 5.74) is 0.0228. The molecule has 1 heterocycles. The third kappa shape index (κ3) is 4.47. The SMILES string of the molecule is CSc1nc(/C=C/c2cccc(Cl)c2)cc(C(F)(F)F)n1. The van der Waals surface area contributed by atoms with Gasteiger partial charge in [-0.3, -0.25) is 0 Å². The molecule has 21 heavy (non-hydrogen) atoms. The van der Waals surface area contributed by atoms with Crippen LogP contribution in [-0.4, -0.2) is 16.2 Å². The highest BCUT2D eigenvalue weighted by molar-refractivity contribution is 7.98. The molecule has 0 aliphatic heterocycles. The first-order valence-corrected chi connectivity index (χ1v) is 7.42. The highest BCUT2D eigenvalue weighted by atomic mass is 35.5. The van der Waals surface area contributed by atoms with E-state index >= 15 is 0 Å². The summed E-state index contributed by atoms with van der Waals surface area (Å²) in [6, 6.07) is 7.90. The molecule has 0 saturated heterocycles. The first-order valence-electron chi connectivity index (χ1n) is 5.82. The van der Waals surface area contributed by atoms with Crippen molar-refractivity contribution in [2.75, 3.05) is 6.26 Å². The minimum atomic E-state index is -4.49. The van der Waals surface area contributed by atoms with Crippen molar-refractivity contribution in [2.24, 2.45) is 0 Å². The molecular weight excluding hydrogens is 321 g/mol. The number of thioether (sulfide) groups is 1. The Morgan fingerprint density at radius 3 is 2.52 bits per heavy atom. The molecule has 2 nitrogen and oxygen atoms in total. The van der Waals surface area contributed by atoms with Gasteiger partial charge in [-0.25, -0.2) is 9.97 Å².